The first kappa shape index (κ1) is 23.5. The lowest BCUT2D eigenvalue weighted by Crippen LogP contribution is -2.27. The predicted octanol–water partition coefficient (Wildman–Crippen LogP) is 5.00. The highest BCUT2D eigenvalue weighted by Crippen LogP contribution is 2.31. The predicted molar refractivity (Wildman–Crippen MR) is 130 cm³/mol. The van der Waals surface area contributed by atoms with Crippen LogP contribution in [0.5, 0.6) is 11.5 Å². The van der Waals surface area contributed by atoms with Gasteiger partial charge in [0.25, 0.3) is 0 Å². The minimum absolute atomic E-state index is 0.00914. The van der Waals surface area contributed by atoms with E-state index in [1.54, 1.807) is 19.5 Å². The Morgan fingerprint density at radius 3 is 2.56 bits per heavy atom. The number of aryl methyl sites for hydroxylation is 2. The number of aromatic nitrogens is 1. The quantitative estimate of drug-likeness (QED) is 0.433. The molecule has 1 N–H and O–H groups in total. The van der Waals surface area contributed by atoms with E-state index in [9.17, 15) is 9.59 Å². The van der Waals surface area contributed by atoms with E-state index in [2.05, 4.69) is 16.4 Å². The molecule has 6 heteroatoms. The fourth-order valence-corrected chi connectivity index (χ4v) is 4.23. The second-order valence-corrected chi connectivity index (χ2v) is 8.60. The number of fused-ring (bicyclic) bond motifs is 1. The monoisotopic (exact) mass is 458 g/mol. The molecule has 176 valence electrons. The van der Waals surface area contributed by atoms with Gasteiger partial charge in [-0.1, -0.05) is 18.2 Å². The molecule has 1 aliphatic carbocycles. The molecule has 0 unspecified atom stereocenters. The SMILES string of the molecule is COc1cc([C@@H](C)NC(=O)CCC(=O)c2ccc3c(c2)CCC3)ccc1OCc1ccncc1. The minimum Gasteiger partial charge on any atom is -0.493 e. The summed E-state index contributed by atoms with van der Waals surface area (Å²) in [7, 11) is 1.59. The van der Waals surface area contributed by atoms with E-state index in [1.165, 1.54) is 11.1 Å². The first-order valence-electron chi connectivity index (χ1n) is 11.7. The maximum Gasteiger partial charge on any atom is 0.220 e. The average Bonchev–Trinajstić information content (AvgIpc) is 3.34. The van der Waals surface area contributed by atoms with Gasteiger partial charge in [-0.2, -0.15) is 0 Å². The highest BCUT2D eigenvalue weighted by Gasteiger charge is 2.17. The molecule has 0 spiro atoms. The van der Waals surface area contributed by atoms with Crippen LogP contribution in [-0.2, 0) is 24.2 Å². The maximum atomic E-state index is 12.6. The van der Waals surface area contributed by atoms with Crippen molar-refractivity contribution >= 4 is 11.7 Å². The van der Waals surface area contributed by atoms with Crippen LogP contribution in [0.2, 0.25) is 0 Å². The van der Waals surface area contributed by atoms with E-state index < -0.39 is 0 Å². The van der Waals surface area contributed by atoms with Crippen molar-refractivity contribution in [1.82, 2.24) is 10.3 Å². The van der Waals surface area contributed by atoms with Gasteiger partial charge in [0.05, 0.1) is 13.2 Å². The summed E-state index contributed by atoms with van der Waals surface area (Å²) in [5.74, 6) is 1.08. The number of nitrogens with zero attached hydrogens (tertiary/aromatic N) is 1. The number of amides is 1. The van der Waals surface area contributed by atoms with E-state index in [4.69, 9.17) is 9.47 Å². The van der Waals surface area contributed by atoms with E-state index in [1.807, 2.05) is 49.4 Å². The second kappa shape index (κ2) is 11.0. The molecule has 0 aliphatic heterocycles. The van der Waals surface area contributed by atoms with Crippen LogP contribution in [0.3, 0.4) is 0 Å². The number of carbonyl (C=O) groups is 2. The number of hydrogen-bond donors (Lipinski definition) is 1. The molecule has 1 aliphatic rings. The number of pyridine rings is 1. The van der Waals surface area contributed by atoms with Crippen LogP contribution in [0.4, 0.5) is 0 Å². The molecule has 0 fully saturated rings. The number of Topliss-reactive ketones (excluding diaryl/α,β-unsaturated/α-hetero) is 1. The summed E-state index contributed by atoms with van der Waals surface area (Å²) in [6.45, 7) is 2.31. The molecule has 1 atom stereocenters. The van der Waals surface area contributed by atoms with Gasteiger partial charge >= 0.3 is 0 Å². The number of ether oxygens (including phenoxy) is 2. The topological polar surface area (TPSA) is 77.5 Å². The van der Waals surface area contributed by atoms with Crippen molar-refractivity contribution in [3.05, 3.63) is 88.7 Å². The Morgan fingerprint density at radius 2 is 1.76 bits per heavy atom. The third kappa shape index (κ3) is 5.81. The fraction of sp³-hybridized carbons (Fsp3) is 0.321. The maximum absolute atomic E-state index is 12.6. The fourth-order valence-electron chi connectivity index (χ4n) is 4.23. The normalized spacial score (nSPS) is 13.1. The van der Waals surface area contributed by atoms with Crippen LogP contribution < -0.4 is 14.8 Å². The number of nitrogens with one attached hydrogen (secondary N) is 1. The minimum atomic E-state index is -0.231. The molecule has 1 amide bonds. The lowest BCUT2D eigenvalue weighted by atomic mass is 10.0. The Hall–Kier alpha value is -3.67. The van der Waals surface area contributed by atoms with Crippen LogP contribution in [0, 0.1) is 0 Å². The highest BCUT2D eigenvalue weighted by molar-refractivity contribution is 5.98. The zero-order valence-electron chi connectivity index (χ0n) is 19.7. The van der Waals surface area contributed by atoms with Crippen molar-refractivity contribution in [3.63, 3.8) is 0 Å². The molecular weight excluding hydrogens is 428 g/mol. The summed E-state index contributed by atoms with van der Waals surface area (Å²) in [5, 5.41) is 2.98. The summed E-state index contributed by atoms with van der Waals surface area (Å²) >= 11 is 0. The summed E-state index contributed by atoms with van der Waals surface area (Å²) in [6, 6.07) is 15.1. The lowest BCUT2D eigenvalue weighted by molar-refractivity contribution is -0.121. The van der Waals surface area contributed by atoms with E-state index in [0.717, 1.165) is 30.4 Å². The molecule has 1 heterocycles. The Labute approximate surface area is 200 Å². The third-order valence-corrected chi connectivity index (χ3v) is 6.21. The Bertz CT molecular complexity index is 1160. The van der Waals surface area contributed by atoms with Gasteiger partial charge in [-0.25, -0.2) is 0 Å². The number of ketones is 1. The zero-order valence-corrected chi connectivity index (χ0v) is 19.7. The molecule has 3 aromatic rings. The van der Waals surface area contributed by atoms with Crippen LogP contribution >= 0.6 is 0 Å². The van der Waals surface area contributed by atoms with Crippen molar-refractivity contribution in [2.75, 3.05) is 7.11 Å². The molecule has 6 nitrogen and oxygen atoms in total. The van der Waals surface area contributed by atoms with Gasteiger partial charge in [0.2, 0.25) is 5.91 Å². The summed E-state index contributed by atoms with van der Waals surface area (Å²) in [5.41, 5.74) is 5.22. The van der Waals surface area contributed by atoms with E-state index >= 15 is 0 Å². The Balaban J connectivity index is 1.30. The van der Waals surface area contributed by atoms with Gasteiger partial charge < -0.3 is 14.8 Å². The van der Waals surface area contributed by atoms with Crippen LogP contribution in [0.1, 0.15) is 64.8 Å². The van der Waals surface area contributed by atoms with Crippen molar-refractivity contribution < 1.29 is 19.1 Å². The van der Waals surface area contributed by atoms with Crippen molar-refractivity contribution in [2.45, 2.75) is 51.7 Å². The molecule has 34 heavy (non-hydrogen) atoms. The van der Waals surface area contributed by atoms with Crippen LogP contribution in [0.25, 0.3) is 0 Å². The van der Waals surface area contributed by atoms with Crippen molar-refractivity contribution in [3.8, 4) is 11.5 Å². The number of methoxy groups -OCH3 is 1. The molecule has 0 radical (unpaired) electrons. The Kier molecular flexibility index (Phi) is 7.58. The lowest BCUT2D eigenvalue weighted by Gasteiger charge is -2.17. The van der Waals surface area contributed by atoms with Gasteiger partial charge in [0.15, 0.2) is 17.3 Å². The van der Waals surface area contributed by atoms with Gasteiger partial charge in [-0.3, -0.25) is 14.6 Å². The summed E-state index contributed by atoms with van der Waals surface area (Å²) in [6.07, 6.45) is 7.08. The molecule has 0 saturated heterocycles. The summed E-state index contributed by atoms with van der Waals surface area (Å²) in [4.78, 5) is 29.1. The molecule has 0 saturated carbocycles. The van der Waals surface area contributed by atoms with Gasteiger partial charge in [-0.15, -0.1) is 0 Å². The molecule has 0 bridgehead atoms. The molecule has 4 rings (SSSR count). The first-order valence-corrected chi connectivity index (χ1v) is 11.7. The summed E-state index contributed by atoms with van der Waals surface area (Å²) < 4.78 is 11.4. The third-order valence-electron chi connectivity index (χ3n) is 6.21. The van der Waals surface area contributed by atoms with E-state index in [-0.39, 0.29) is 30.6 Å². The number of rotatable bonds is 10. The van der Waals surface area contributed by atoms with Gasteiger partial charge in [0.1, 0.15) is 6.61 Å². The number of benzene rings is 2. The van der Waals surface area contributed by atoms with Crippen molar-refractivity contribution in [2.24, 2.45) is 0 Å². The number of hydrogen-bond acceptors (Lipinski definition) is 5. The molecule has 2 aromatic carbocycles. The Morgan fingerprint density at radius 1 is 0.971 bits per heavy atom. The largest absolute Gasteiger partial charge is 0.493 e. The van der Waals surface area contributed by atoms with Gasteiger partial charge in [-0.05, 0) is 78.8 Å². The molecular formula is C28H30N2O4. The highest BCUT2D eigenvalue weighted by atomic mass is 16.5. The number of carbonyl (C=O) groups excluding carboxylic acids is 2. The average molecular weight is 459 g/mol. The van der Waals surface area contributed by atoms with Gasteiger partial charge in [0, 0.05) is 30.8 Å². The standard InChI is InChI=1S/C28H30N2O4/c1-19(22-8-10-26(27(17-22)33-2)34-18-20-12-14-29-15-13-20)30-28(32)11-9-25(31)24-7-6-21-4-3-5-23(21)16-24/h6-8,10,12-17,19H,3-5,9,11,18H2,1-2H3,(H,30,32)/t19-/m1/s1. The molecule has 1 aromatic heterocycles. The van der Waals surface area contributed by atoms with Crippen LogP contribution in [-0.4, -0.2) is 23.8 Å². The van der Waals surface area contributed by atoms with E-state index in [0.29, 0.717) is 23.7 Å². The van der Waals surface area contributed by atoms with Crippen molar-refractivity contribution in [1.29, 1.82) is 0 Å². The first-order chi connectivity index (χ1) is 16.5. The second-order valence-electron chi connectivity index (χ2n) is 8.60. The smallest absolute Gasteiger partial charge is 0.220 e. The zero-order chi connectivity index (χ0) is 23.9. The van der Waals surface area contributed by atoms with Crippen LogP contribution in [0.15, 0.2) is 60.9 Å².